The zero-order chi connectivity index (χ0) is 16.2. The van der Waals surface area contributed by atoms with Gasteiger partial charge in [-0.2, -0.15) is 0 Å². The van der Waals surface area contributed by atoms with Crippen LogP contribution in [0.15, 0.2) is 101 Å². The first-order valence-corrected chi connectivity index (χ1v) is 10.4. The van der Waals surface area contributed by atoms with Crippen molar-refractivity contribution in [1.29, 1.82) is 0 Å². The van der Waals surface area contributed by atoms with E-state index in [0.29, 0.717) is 4.58 Å². The molecule has 0 nitrogen and oxygen atoms in total. The molecule has 0 atom stereocenters. The average molecular weight is 365 g/mol. The number of thiophene rings is 1. The molecule has 0 saturated heterocycles. The van der Waals surface area contributed by atoms with E-state index in [-0.39, 0.29) is 0 Å². The summed E-state index contributed by atoms with van der Waals surface area (Å²) in [5.41, 5.74) is 0. The van der Waals surface area contributed by atoms with Crippen molar-refractivity contribution in [1.82, 2.24) is 0 Å². The Morgan fingerprint density at radius 1 is 0.625 bits per heavy atom. The Hall–Kier alpha value is -1.68. The van der Waals surface area contributed by atoms with E-state index >= 15 is 0 Å². The van der Waals surface area contributed by atoms with Crippen LogP contribution in [0.4, 0.5) is 0 Å². The Bertz CT molecular complexity index is 839. The summed E-state index contributed by atoms with van der Waals surface area (Å²) >= 11 is 5.75. The van der Waals surface area contributed by atoms with E-state index in [4.69, 9.17) is 0 Å². The zero-order valence-electron chi connectivity index (χ0n) is 13.0. The molecule has 0 spiro atoms. The van der Waals surface area contributed by atoms with E-state index in [1.54, 1.807) is 0 Å². The molecule has 0 bridgehead atoms. The van der Waals surface area contributed by atoms with Gasteiger partial charge in [-0.1, -0.05) is 54.6 Å². The lowest BCUT2D eigenvalue weighted by Crippen LogP contribution is -1.86. The van der Waals surface area contributed by atoms with E-state index in [0.717, 1.165) is 0 Å². The van der Waals surface area contributed by atoms with Gasteiger partial charge in [0.25, 0.3) is 0 Å². The molecule has 4 rings (SSSR count). The summed E-state index contributed by atoms with van der Waals surface area (Å²) in [5.74, 6) is 0. The molecule has 0 radical (unpaired) electrons. The summed E-state index contributed by atoms with van der Waals surface area (Å²) in [5, 5.41) is 1.34. The fraction of sp³-hybridized carbons (Fsp3) is 0.0476. The highest BCUT2D eigenvalue weighted by Crippen LogP contribution is 2.49. The van der Waals surface area contributed by atoms with E-state index < -0.39 is 0 Å². The summed E-state index contributed by atoms with van der Waals surface area (Å²) in [6, 6.07) is 32.3. The second-order valence-electron chi connectivity index (χ2n) is 5.38. The topological polar surface area (TPSA) is 0 Å². The smallest absolute Gasteiger partial charge is 0.0937 e. The first-order valence-electron chi connectivity index (χ1n) is 7.80. The van der Waals surface area contributed by atoms with Gasteiger partial charge in [-0.3, -0.25) is 0 Å². The van der Waals surface area contributed by atoms with Crippen LogP contribution >= 0.6 is 34.9 Å². The van der Waals surface area contributed by atoms with Crippen LogP contribution in [0.1, 0.15) is 9.46 Å². The lowest BCUT2D eigenvalue weighted by Gasteiger charge is -2.15. The zero-order valence-corrected chi connectivity index (χ0v) is 15.4. The highest BCUT2D eigenvalue weighted by molar-refractivity contribution is 8.16. The van der Waals surface area contributed by atoms with Crippen LogP contribution < -0.4 is 0 Å². The van der Waals surface area contributed by atoms with Crippen LogP contribution in [0.25, 0.3) is 10.1 Å². The highest BCUT2D eigenvalue weighted by atomic mass is 32.2. The van der Waals surface area contributed by atoms with Crippen molar-refractivity contribution in [2.45, 2.75) is 14.4 Å². The van der Waals surface area contributed by atoms with Crippen molar-refractivity contribution >= 4 is 44.9 Å². The minimum atomic E-state index is 0.354. The second-order valence-corrected chi connectivity index (χ2v) is 9.15. The van der Waals surface area contributed by atoms with Gasteiger partial charge in [0, 0.05) is 19.4 Å². The SMILES string of the molecule is c1ccc(SC(Sc2ccccc2)c2cc3ccccc3s2)cc1. The third-order valence-corrected chi connectivity index (χ3v) is 7.73. The molecule has 1 aromatic heterocycles. The molecular weight excluding hydrogens is 348 g/mol. The lowest BCUT2D eigenvalue weighted by atomic mass is 10.2. The molecule has 0 aliphatic heterocycles. The maximum Gasteiger partial charge on any atom is 0.0937 e. The Labute approximate surface area is 154 Å². The number of benzene rings is 3. The Morgan fingerprint density at radius 2 is 1.17 bits per heavy atom. The minimum absolute atomic E-state index is 0.354. The third-order valence-electron chi connectivity index (χ3n) is 3.65. The molecule has 3 aromatic carbocycles. The maximum absolute atomic E-state index is 2.34. The van der Waals surface area contributed by atoms with Gasteiger partial charge in [-0.25, -0.2) is 0 Å². The molecule has 0 saturated carbocycles. The molecule has 24 heavy (non-hydrogen) atoms. The summed E-state index contributed by atoms with van der Waals surface area (Å²) in [4.78, 5) is 4.03. The van der Waals surface area contributed by atoms with Gasteiger partial charge in [0.2, 0.25) is 0 Å². The molecule has 0 fully saturated rings. The van der Waals surface area contributed by atoms with Crippen LogP contribution in [0.5, 0.6) is 0 Å². The quantitative estimate of drug-likeness (QED) is 0.266. The molecular formula is C21H16S3. The Morgan fingerprint density at radius 3 is 1.75 bits per heavy atom. The fourth-order valence-electron chi connectivity index (χ4n) is 2.50. The van der Waals surface area contributed by atoms with Crippen molar-refractivity contribution in [3.05, 3.63) is 95.9 Å². The number of thioether (sulfide) groups is 2. The summed E-state index contributed by atoms with van der Waals surface area (Å²) in [7, 11) is 0. The predicted octanol–water partition coefficient (Wildman–Crippen LogP) is 7.48. The Balaban J connectivity index is 1.68. The number of rotatable bonds is 5. The third kappa shape index (κ3) is 3.69. The van der Waals surface area contributed by atoms with Gasteiger partial charge in [0.1, 0.15) is 0 Å². The molecule has 0 aliphatic carbocycles. The summed E-state index contributed by atoms with van der Waals surface area (Å²) in [6.45, 7) is 0. The van der Waals surface area contributed by atoms with Crippen molar-refractivity contribution in [3.63, 3.8) is 0 Å². The molecule has 0 amide bonds. The highest BCUT2D eigenvalue weighted by Gasteiger charge is 2.17. The fourth-order valence-corrected chi connectivity index (χ4v) is 6.36. The minimum Gasteiger partial charge on any atom is -0.138 e. The van der Waals surface area contributed by atoms with E-state index in [2.05, 4.69) is 91.0 Å². The number of hydrogen-bond acceptors (Lipinski definition) is 3. The summed E-state index contributed by atoms with van der Waals surface area (Å²) in [6.07, 6.45) is 0. The van der Waals surface area contributed by atoms with Gasteiger partial charge in [0.15, 0.2) is 0 Å². The largest absolute Gasteiger partial charge is 0.138 e. The molecule has 3 heteroatoms. The van der Waals surface area contributed by atoms with Crippen LogP contribution in [-0.4, -0.2) is 0 Å². The van der Waals surface area contributed by atoms with Crippen molar-refractivity contribution < 1.29 is 0 Å². The monoisotopic (exact) mass is 364 g/mol. The van der Waals surface area contributed by atoms with Crippen LogP contribution in [0.3, 0.4) is 0 Å². The predicted molar refractivity (Wildman–Crippen MR) is 109 cm³/mol. The standard InChI is InChI=1S/C21H16S3/c1-3-10-17(11-4-1)22-21(23-18-12-5-2-6-13-18)20-15-16-9-7-8-14-19(16)24-20/h1-15,21H. The molecule has 0 N–H and O–H groups in total. The second kappa shape index (κ2) is 7.47. The maximum atomic E-state index is 2.34. The Kier molecular flexibility index (Phi) is 4.93. The van der Waals surface area contributed by atoms with Gasteiger partial charge in [-0.15, -0.1) is 34.9 Å². The lowest BCUT2D eigenvalue weighted by molar-refractivity contribution is 1.39. The number of hydrogen-bond donors (Lipinski definition) is 0. The van der Waals surface area contributed by atoms with Crippen molar-refractivity contribution in [3.8, 4) is 0 Å². The molecule has 1 heterocycles. The van der Waals surface area contributed by atoms with Crippen molar-refractivity contribution in [2.24, 2.45) is 0 Å². The average Bonchev–Trinajstić information content (AvgIpc) is 3.07. The first-order chi connectivity index (χ1) is 11.9. The molecule has 4 aromatic rings. The van der Waals surface area contributed by atoms with Crippen LogP contribution in [0, 0.1) is 0 Å². The van der Waals surface area contributed by atoms with Crippen molar-refractivity contribution in [2.75, 3.05) is 0 Å². The van der Waals surface area contributed by atoms with Gasteiger partial charge in [0.05, 0.1) is 4.58 Å². The van der Waals surface area contributed by atoms with E-state index in [9.17, 15) is 0 Å². The van der Waals surface area contributed by atoms with E-state index in [1.807, 2.05) is 34.9 Å². The van der Waals surface area contributed by atoms with Crippen LogP contribution in [-0.2, 0) is 0 Å². The van der Waals surface area contributed by atoms with Gasteiger partial charge in [-0.05, 0) is 41.8 Å². The van der Waals surface area contributed by atoms with Gasteiger partial charge < -0.3 is 0 Å². The molecule has 0 aliphatic rings. The summed E-state index contributed by atoms with van der Waals surface area (Å²) < 4.78 is 1.71. The first kappa shape index (κ1) is 15.8. The van der Waals surface area contributed by atoms with Crippen LogP contribution in [0.2, 0.25) is 0 Å². The molecule has 0 unspecified atom stereocenters. The van der Waals surface area contributed by atoms with Gasteiger partial charge >= 0.3 is 0 Å². The number of fused-ring (bicyclic) bond motifs is 1. The van der Waals surface area contributed by atoms with E-state index in [1.165, 1.54) is 24.8 Å². The normalized spacial score (nSPS) is 11.2. The molecule has 118 valence electrons.